The van der Waals surface area contributed by atoms with Gasteiger partial charge in [-0.15, -0.1) is 0 Å². The van der Waals surface area contributed by atoms with Crippen molar-refractivity contribution in [1.29, 1.82) is 0 Å². The van der Waals surface area contributed by atoms with Crippen LogP contribution in [-0.2, 0) is 18.9 Å². The summed E-state index contributed by atoms with van der Waals surface area (Å²) in [5, 5.41) is 3.13. The monoisotopic (exact) mass is 292 g/mol. The van der Waals surface area contributed by atoms with E-state index < -0.39 is 0 Å². The maximum atomic E-state index is 5.51. The van der Waals surface area contributed by atoms with Crippen LogP contribution < -0.4 is 5.32 Å². The van der Waals surface area contributed by atoms with Crippen LogP contribution in [0.2, 0.25) is 0 Å². The lowest BCUT2D eigenvalue weighted by Gasteiger charge is -2.16. The van der Waals surface area contributed by atoms with E-state index >= 15 is 0 Å². The van der Waals surface area contributed by atoms with Gasteiger partial charge in [-0.05, 0) is 20.5 Å². The van der Waals surface area contributed by atoms with Gasteiger partial charge in [0.25, 0.3) is 0 Å². The molecule has 0 aromatic heterocycles. The average Bonchev–Trinajstić information content (AvgIpc) is 2.46. The highest BCUT2D eigenvalue weighted by Gasteiger charge is 1.97. The summed E-state index contributed by atoms with van der Waals surface area (Å²) in [5.41, 5.74) is 0. The van der Waals surface area contributed by atoms with Crippen LogP contribution in [0.25, 0.3) is 0 Å². The van der Waals surface area contributed by atoms with Crippen molar-refractivity contribution in [3.8, 4) is 0 Å². The Hall–Kier alpha value is -0.240. The Labute approximate surface area is 123 Å². The number of methoxy groups -OCH3 is 1. The van der Waals surface area contributed by atoms with Crippen LogP contribution in [-0.4, -0.2) is 92.0 Å². The van der Waals surface area contributed by atoms with Gasteiger partial charge in [-0.25, -0.2) is 0 Å². The Bertz CT molecular complexity index is 185. The highest BCUT2D eigenvalue weighted by molar-refractivity contribution is 4.51. The maximum absolute atomic E-state index is 5.51. The topological polar surface area (TPSA) is 52.2 Å². The lowest BCUT2D eigenvalue weighted by molar-refractivity contribution is 0.0246. The highest BCUT2D eigenvalue weighted by Crippen LogP contribution is 1.87. The van der Waals surface area contributed by atoms with Crippen molar-refractivity contribution >= 4 is 0 Å². The van der Waals surface area contributed by atoms with Gasteiger partial charge in [0.15, 0.2) is 0 Å². The molecule has 0 saturated heterocycles. The molecule has 0 heterocycles. The van der Waals surface area contributed by atoms with Crippen molar-refractivity contribution in [3.05, 3.63) is 0 Å². The maximum Gasteiger partial charge on any atom is 0.0701 e. The third-order valence-corrected chi connectivity index (χ3v) is 2.74. The summed E-state index contributed by atoms with van der Waals surface area (Å²) in [6.07, 6.45) is 0.913. The molecule has 0 spiro atoms. The molecule has 0 aromatic rings. The van der Waals surface area contributed by atoms with E-state index in [9.17, 15) is 0 Å². The zero-order chi connectivity index (χ0) is 14.9. The van der Waals surface area contributed by atoms with E-state index in [2.05, 4.69) is 17.3 Å². The van der Waals surface area contributed by atoms with Gasteiger partial charge >= 0.3 is 0 Å². The first-order chi connectivity index (χ1) is 9.81. The third-order valence-electron chi connectivity index (χ3n) is 2.74. The first-order valence-corrected chi connectivity index (χ1v) is 7.36. The van der Waals surface area contributed by atoms with Crippen molar-refractivity contribution in [2.24, 2.45) is 0 Å². The molecule has 0 fully saturated rings. The largest absolute Gasteiger partial charge is 0.382 e. The molecule has 0 aromatic carbocycles. The molecule has 0 rings (SSSR count). The predicted molar refractivity (Wildman–Crippen MR) is 80.4 cm³/mol. The molecule has 0 aliphatic carbocycles. The second-order valence-corrected chi connectivity index (χ2v) is 4.59. The molecule has 0 saturated carbocycles. The van der Waals surface area contributed by atoms with Crippen molar-refractivity contribution in [1.82, 2.24) is 10.2 Å². The molecular weight excluding hydrogens is 260 g/mol. The Balaban J connectivity index is 3.02. The number of ether oxygens (including phenoxy) is 4. The Morgan fingerprint density at radius 1 is 0.800 bits per heavy atom. The van der Waals surface area contributed by atoms with Gasteiger partial charge < -0.3 is 29.2 Å². The van der Waals surface area contributed by atoms with E-state index in [1.807, 2.05) is 7.05 Å². The van der Waals surface area contributed by atoms with E-state index in [0.29, 0.717) is 26.4 Å². The van der Waals surface area contributed by atoms with Gasteiger partial charge in [0.2, 0.25) is 0 Å². The van der Waals surface area contributed by atoms with Crippen LogP contribution in [0, 0.1) is 0 Å². The number of nitrogens with zero attached hydrogens (tertiary/aromatic N) is 1. The van der Waals surface area contributed by atoms with Crippen molar-refractivity contribution < 1.29 is 18.9 Å². The second kappa shape index (κ2) is 16.8. The molecule has 0 aliphatic heterocycles. The minimum Gasteiger partial charge on any atom is -0.382 e. The number of hydrogen-bond donors (Lipinski definition) is 1. The van der Waals surface area contributed by atoms with Gasteiger partial charge in [-0.3, -0.25) is 0 Å². The summed E-state index contributed by atoms with van der Waals surface area (Å²) in [6, 6.07) is 0. The van der Waals surface area contributed by atoms with Crippen LogP contribution in [0.3, 0.4) is 0 Å². The van der Waals surface area contributed by atoms with Crippen molar-refractivity contribution in [3.63, 3.8) is 0 Å². The van der Waals surface area contributed by atoms with E-state index in [1.54, 1.807) is 7.11 Å². The molecular formula is C14H32N2O4. The minimum absolute atomic E-state index is 0.650. The van der Waals surface area contributed by atoms with Crippen LogP contribution in [0.15, 0.2) is 0 Å². The third kappa shape index (κ3) is 15.8. The summed E-state index contributed by atoms with van der Waals surface area (Å²) in [4.78, 5) is 2.24. The highest BCUT2D eigenvalue weighted by atomic mass is 16.5. The summed E-state index contributed by atoms with van der Waals surface area (Å²) < 4.78 is 21.2. The van der Waals surface area contributed by atoms with Gasteiger partial charge in [-0.2, -0.15) is 0 Å². The zero-order valence-corrected chi connectivity index (χ0v) is 13.4. The summed E-state index contributed by atoms with van der Waals surface area (Å²) in [7, 11) is 5.73. The molecule has 0 aliphatic rings. The quantitative estimate of drug-likeness (QED) is 0.411. The normalized spacial score (nSPS) is 11.4. The molecule has 6 nitrogen and oxygen atoms in total. The lowest BCUT2D eigenvalue weighted by Crippen LogP contribution is -2.30. The Morgan fingerprint density at radius 2 is 1.40 bits per heavy atom. The van der Waals surface area contributed by atoms with Gasteiger partial charge in [0.05, 0.1) is 33.0 Å². The number of likely N-dealkylation sites (N-methyl/N-ethyl adjacent to an activating group) is 2. The van der Waals surface area contributed by atoms with Crippen molar-refractivity contribution in [2.45, 2.75) is 6.42 Å². The molecule has 0 atom stereocenters. The molecule has 0 radical (unpaired) electrons. The van der Waals surface area contributed by atoms with E-state index in [4.69, 9.17) is 18.9 Å². The minimum atomic E-state index is 0.650. The summed E-state index contributed by atoms with van der Waals surface area (Å²) in [5.74, 6) is 0. The Morgan fingerprint density at radius 3 is 2.00 bits per heavy atom. The van der Waals surface area contributed by atoms with Gasteiger partial charge in [-0.1, -0.05) is 0 Å². The van der Waals surface area contributed by atoms with E-state index in [-0.39, 0.29) is 0 Å². The van der Waals surface area contributed by atoms with E-state index in [0.717, 1.165) is 45.9 Å². The number of nitrogens with one attached hydrogen (secondary N) is 1. The average molecular weight is 292 g/mol. The van der Waals surface area contributed by atoms with Gasteiger partial charge in [0, 0.05) is 40.0 Å². The molecule has 20 heavy (non-hydrogen) atoms. The fraction of sp³-hybridized carbons (Fsp3) is 1.00. The smallest absolute Gasteiger partial charge is 0.0701 e. The fourth-order valence-corrected chi connectivity index (χ4v) is 1.46. The van der Waals surface area contributed by atoms with E-state index in [1.165, 1.54) is 0 Å². The summed E-state index contributed by atoms with van der Waals surface area (Å²) in [6.45, 7) is 7.81. The molecule has 6 heteroatoms. The standard InChI is InChI=1S/C14H32N2O4/c1-15-5-6-16(2)7-10-20-14-13-19-9-4-8-18-12-11-17-3/h15H,4-14H2,1-3H3. The first-order valence-electron chi connectivity index (χ1n) is 7.36. The molecule has 1 N–H and O–H groups in total. The van der Waals surface area contributed by atoms with Crippen LogP contribution in [0.1, 0.15) is 6.42 Å². The van der Waals surface area contributed by atoms with Gasteiger partial charge in [0.1, 0.15) is 0 Å². The van der Waals surface area contributed by atoms with Crippen LogP contribution in [0.5, 0.6) is 0 Å². The number of hydrogen-bond acceptors (Lipinski definition) is 6. The van der Waals surface area contributed by atoms with Crippen molar-refractivity contribution in [2.75, 3.05) is 87.1 Å². The molecule has 122 valence electrons. The molecule has 0 amide bonds. The van der Waals surface area contributed by atoms with Crippen LogP contribution >= 0.6 is 0 Å². The first kappa shape index (κ1) is 19.8. The number of rotatable bonds is 16. The Kier molecular flexibility index (Phi) is 16.6. The zero-order valence-electron chi connectivity index (χ0n) is 13.4. The molecule has 0 bridgehead atoms. The molecule has 0 unspecified atom stereocenters. The summed E-state index contributed by atoms with van der Waals surface area (Å²) >= 11 is 0. The lowest BCUT2D eigenvalue weighted by atomic mass is 10.5. The fourth-order valence-electron chi connectivity index (χ4n) is 1.46. The van der Waals surface area contributed by atoms with Crippen LogP contribution in [0.4, 0.5) is 0 Å². The SMILES string of the molecule is CNCCN(C)CCOCCOCCCOCCOC. The predicted octanol–water partition coefficient (Wildman–Crippen LogP) is 0.224. The second-order valence-electron chi connectivity index (χ2n) is 4.59.